The van der Waals surface area contributed by atoms with Crippen LogP contribution in [-0.4, -0.2) is 36.6 Å². The minimum Gasteiger partial charge on any atom is -0.390 e. The third-order valence-corrected chi connectivity index (χ3v) is 1.89. The van der Waals surface area contributed by atoms with Gasteiger partial charge in [0.2, 0.25) is 0 Å². The summed E-state index contributed by atoms with van der Waals surface area (Å²) < 4.78 is 10.5. The first kappa shape index (κ1) is 5.65. The smallest absolute Gasteiger partial charge is 0.107 e. The van der Waals surface area contributed by atoms with Crippen molar-refractivity contribution in [3.63, 3.8) is 0 Å². The highest BCUT2D eigenvalue weighted by atomic mass is 16.6. The predicted molar refractivity (Wildman–Crippen MR) is 30.1 cm³/mol. The van der Waals surface area contributed by atoms with Crippen LogP contribution in [0.5, 0.6) is 0 Å². The van der Waals surface area contributed by atoms with Gasteiger partial charge in [0.25, 0.3) is 0 Å². The molecule has 1 N–H and O–H groups in total. The number of rotatable bonds is 0. The van der Waals surface area contributed by atoms with Crippen molar-refractivity contribution < 1.29 is 14.6 Å². The Balaban J connectivity index is 2.07. The maximum atomic E-state index is 9.19. The van der Waals surface area contributed by atoms with E-state index in [-0.39, 0.29) is 18.3 Å². The Morgan fingerprint density at radius 1 is 1.33 bits per heavy atom. The molecule has 0 aromatic heterocycles. The third kappa shape index (κ3) is 0.852. The molecule has 0 aromatic carbocycles. The van der Waals surface area contributed by atoms with Crippen molar-refractivity contribution in [1.82, 2.24) is 0 Å². The van der Waals surface area contributed by atoms with E-state index in [1.165, 1.54) is 0 Å². The molecule has 0 aliphatic carbocycles. The van der Waals surface area contributed by atoms with E-state index in [1.54, 1.807) is 0 Å². The SMILES string of the molecule is OC1CC2COCC1O2. The van der Waals surface area contributed by atoms with Gasteiger partial charge < -0.3 is 14.6 Å². The lowest BCUT2D eigenvalue weighted by molar-refractivity contribution is -0.112. The van der Waals surface area contributed by atoms with Gasteiger partial charge in [-0.1, -0.05) is 0 Å². The molecule has 2 rings (SSSR count). The quantitative estimate of drug-likeness (QED) is 0.482. The Morgan fingerprint density at radius 2 is 2.22 bits per heavy atom. The van der Waals surface area contributed by atoms with Crippen molar-refractivity contribution in [1.29, 1.82) is 0 Å². The summed E-state index contributed by atoms with van der Waals surface area (Å²) >= 11 is 0. The molecule has 9 heavy (non-hydrogen) atoms. The fourth-order valence-corrected chi connectivity index (χ4v) is 1.39. The number of ether oxygens (including phenoxy) is 2. The molecule has 2 saturated heterocycles. The van der Waals surface area contributed by atoms with E-state index >= 15 is 0 Å². The molecule has 3 heteroatoms. The summed E-state index contributed by atoms with van der Waals surface area (Å²) in [5.41, 5.74) is 0. The van der Waals surface area contributed by atoms with Gasteiger partial charge in [-0.25, -0.2) is 0 Å². The van der Waals surface area contributed by atoms with Crippen LogP contribution in [0, 0.1) is 0 Å². The number of hydrogen-bond acceptors (Lipinski definition) is 3. The van der Waals surface area contributed by atoms with E-state index in [1.807, 2.05) is 0 Å². The lowest BCUT2D eigenvalue weighted by Crippen LogP contribution is -2.31. The molecule has 2 fully saturated rings. The largest absolute Gasteiger partial charge is 0.390 e. The van der Waals surface area contributed by atoms with Gasteiger partial charge >= 0.3 is 0 Å². The Kier molecular flexibility index (Phi) is 1.22. The summed E-state index contributed by atoms with van der Waals surface area (Å²) in [4.78, 5) is 0. The molecule has 2 heterocycles. The summed E-state index contributed by atoms with van der Waals surface area (Å²) in [6, 6.07) is 0. The Bertz CT molecular complexity index is 113. The molecule has 0 amide bonds. The summed E-state index contributed by atoms with van der Waals surface area (Å²) in [5.74, 6) is 0. The predicted octanol–water partition coefficient (Wildman–Crippen LogP) is -0.465. The second-order valence-corrected chi connectivity index (χ2v) is 2.64. The van der Waals surface area contributed by atoms with Gasteiger partial charge in [0.05, 0.1) is 25.4 Å². The number of aliphatic hydroxyl groups is 1. The Morgan fingerprint density at radius 3 is 2.89 bits per heavy atom. The van der Waals surface area contributed by atoms with Crippen molar-refractivity contribution in [2.75, 3.05) is 13.2 Å². The molecular weight excluding hydrogens is 120 g/mol. The summed E-state index contributed by atoms with van der Waals surface area (Å²) in [7, 11) is 0. The lowest BCUT2D eigenvalue weighted by atomic mass is 10.2. The maximum Gasteiger partial charge on any atom is 0.107 e. The highest BCUT2D eigenvalue weighted by Gasteiger charge is 2.37. The molecular formula is C6H10O3. The van der Waals surface area contributed by atoms with E-state index in [0.717, 1.165) is 6.42 Å². The lowest BCUT2D eigenvalue weighted by Gasteiger charge is -2.20. The molecule has 0 radical (unpaired) electrons. The van der Waals surface area contributed by atoms with Crippen LogP contribution in [0.3, 0.4) is 0 Å². The maximum absolute atomic E-state index is 9.19. The van der Waals surface area contributed by atoms with Crippen molar-refractivity contribution in [2.45, 2.75) is 24.7 Å². The third-order valence-electron chi connectivity index (χ3n) is 1.89. The van der Waals surface area contributed by atoms with Crippen LogP contribution in [0.4, 0.5) is 0 Å². The van der Waals surface area contributed by atoms with Crippen molar-refractivity contribution in [3.05, 3.63) is 0 Å². The van der Waals surface area contributed by atoms with Crippen LogP contribution in [0.1, 0.15) is 6.42 Å². The average molecular weight is 130 g/mol. The molecule has 2 bridgehead atoms. The summed E-state index contributed by atoms with van der Waals surface area (Å²) in [5, 5.41) is 9.19. The molecule has 2 aliphatic heterocycles. The average Bonchev–Trinajstić information content (AvgIpc) is 2.09. The van der Waals surface area contributed by atoms with Gasteiger partial charge in [-0.15, -0.1) is 0 Å². The molecule has 3 unspecified atom stereocenters. The molecule has 3 nitrogen and oxygen atoms in total. The normalized spacial score (nSPS) is 49.7. The second-order valence-electron chi connectivity index (χ2n) is 2.64. The zero-order valence-electron chi connectivity index (χ0n) is 5.12. The topological polar surface area (TPSA) is 38.7 Å². The van der Waals surface area contributed by atoms with Gasteiger partial charge in [-0.3, -0.25) is 0 Å². The van der Waals surface area contributed by atoms with E-state index < -0.39 is 0 Å². The van der Waals surface area contributed by atoms with Crippen LogP contribution in [0.25, 0.3) is 0 Å². The minimum absolute atomic E-state index is 0.0382. The first-order chi connectivity index (χ1) is 4.36. The standard InChI is InChI=1S/C6H10O3/c7-5-1-4-2-8-3-6(5)9-4/h4-7H,1-3H2. The van der Waals surface area contributed by atoms with Crippen molar-refractivity contribution in [3.8, 4) is 0 Å². The van der Waals surface area contributed by atoms with Gasteiger partial charge in [0.15, 0.2) is 0 Å². The number of aliphatic hydroxyl groups excluding tert-OH is 1. The first-order valence-corrected chi connectivity index (χ1v) is 3.27. The van der Waals surface area contributed by atoms with E-state index in [2.05, 4.69) is 0 Å². The zero-order chi connectivity index (χ0) is 6.27. The molecule has 3 atom stereocenters. The molecule has 0 spiro atoms. The van der Waals surface area contributed by atoms with Crippen LogP contribution in [0.2, 0.25) is 0 Å². The molecule has 2 aliphatic rings. The van der Waals surface area contributed by atoms with Crippen LogP contribution in [0.15, 0.2) is 0 Å². The van der Waals surface area contributed by atoms with Gasteiger partial charge in [0.1, 0.15) is 6.10 Å². The highest BCUT2D eigenvalue weighted by molar-refractivity contribution is 4.84. The van der Waals surface area contributed by atoms with Crippen molar-refractivity contribution in [2.24, 2.45) is 0 Å². The Hall–Kier alpha value is -0.120. The highest BCUT2D eigenvalue weighted by Crippen LogP contribution is 2.24. The summed E-state index contributed by atoms with van der Waals surface area (Å²) in [6.45, 7) is 1.23. The van der Waals surface area contributed by atoms with Crippen molar-refractivity contribution >= 4 is 0 Å². The second kappa shape index (κ2) is 1.94. The monoisotopic (exact) mass is 130 g/mol. The minimum atomic E-state index is -0.280. The number of hydrogen-bond donors (Lipinski definition) is 1. The van der Waals surface area contributed by atoms with Crippen LogP contribution >= 0.6 is 0 Å². The van der Waals surface area contributed by atoms with E-state index in [4.69, 9.17) is 9.47 Å². The molecule has 0 saturated carbocycles. The van der Waals surface area contributed by atoms with Gasteiger partial charge in [-0.05, 0) is 0 Å². The van der Waals surface area contributed by atoms with Crippen LogP contribution in [-0.2, 0) is 9.47 Å². The Labute approximate surface area is 53.6 Å². The number of fused-ring (bicyclic) bond motifs is 2. The van der Waals surface area contributed by atoms with Gasteiger partial charge in [-0.2, -0.15) is 0 Å². The first-order valence-electron chi connectivity index (χ1n) is 3.27. The zero-order valence-corrected chi connectivity index (χ0v) is 5.12. The molecule has 52 valence electrons. The van der Waals surface area contributed by atoms with E-state index in [9.17, 15) is 5.11 Å². The molecule has 0 aromatic rings. The fourth-order valence-electron chi connectivity index (χ4n) is 1.39. The van der Waals surface area contributed by atoms with Gasteiger partial charge in [0, 0.05) is 6.42 Å². The summed E-state index contributed by atoms with van der Waals surface area (Å²) in [6.07, 6.45) is 0.602. The van der Waals surface area contributed by atoms with E-state index in [0.29, 0.717) is 13.2 Å². The van der Waals surface area contributed by atoms with Crippen LogP contribution < -0.4 is 0 Å². The fraction of sp³-hybridized carbons (Fsp3) is 1.00.